The molecule has 39 valence electrons. The van der Waals surface area contributed by atoms with Crippen LogP contribution >= 0.6 is 0 Å². The molecule has 0 saturated heterocycles. The van der Waals surface area contributed by atoms with Gasteiger partial charge in [-0.3, -0.25) is 10.1 Å². The maximum absolute atomic E-state index is 9.35. The van der Waals surface area contributed by atoms with Crippen molar-refractivity contribution in [2.24, 2.45) is 0 Å². The van der Waals surface area contributed by atoms with Crippen molar-refractivity contribution in [2.45, 2.75) is 0 Å². The molecule has 0 rings (SSSR count). The van der Waals surface area contributed by atoms with Gasteiger partial charge in [0, 0.05) is 0 Å². The fraction of sp³-hybridized carbons (Fsp3) is 0. The first-order valence-electron chi connectivity index (χ1n) is 1.50. The lowest BCUT2D eigenvalue weighted by atomic mass is 10.9. The van der Waals surface area contributed by atoms with Crippen LogP contribution in [0.4, 0.5) is 0 Å². The number of nitro groups is 1. The third kappa shape index (κ3) is 4.90. The predicted molar refractivity (Wildman–Crippen MR) is 22.4 cm³/mol. The first-order chi connectivity index (χ1) is 3.27. The minimum Gasteiger partial charge on any atom is -0.308 e. The van der Waals surface area contributed by atoms with Crippen LogP contribution in [0.2, 0.25) is 0 Å². The monoisotopic (exact) mass is 102 g/mol. The zero-order valence-corrected chi connectivity index (χ0v) is 3.42. The summed E-state index contributed by atoms with van der Waals surface area (Å²) in [6, 6.07) is 0. The summed E-state index contributed by atoms with van der Waals surface area (Å²) >= 11 is 0. The summed E-state index contributed by atoms with van der Waals surface area (Å²) < 4.78 is 0. The Morgan fingerprint density at radius 3 is 2.57 bits per heavy atom. The summed E-state index contributed by atoms with van der Waals surface area (Å²) in [5.74, 6) is 6.15. The third-order valence-electron chi connectivity index (χ3n) is 0.280. The average Bonchev–Trinajstić information content (AvgIpc) is 1.61. The zero-order valence-electron chi connectivity index (χ0n) is 3.42. The van der Waals surface area contributed by atoms with Gasteiger partial charge in [-0.15, -0.1) is 0 Å². The molecule has 0 atom stereocenters. The predicted octanol–water partition coefficient (Wildman–Crippen LogP) is -0.478. The van der Waals surface area contributed by atoms with Crippen molar-refractivity contribution in [3.63, 3.8) is 0 Å². The van der Waals surface area contributed by atoms with Crippen LogP contribution in [0.25, 0.3) is 0 Å². The first kappa shape index (κ1) is 5.90. The molecule has 0 aliphatic heterocycles. The Labute approximate surface area is 39.9 Å². The van der Waals surface area contributed by atoms with Crippen molar-refractivity contribution in [3.8, 4) is 0 Å². The number of nitrogens with zero attached hydrogens (tertiary/aromatic N) is 1. The summed E-state index contributed by atoms with van der Waals surface area (Å²) in [5, 5.41) is 9.35. The van der Waals surface area contributed by atoms with Crippen molar-refractivity contribution in [1.82, 2.24) is 11.3 Å². The fourth-order valence-electron chi connectivity index (χ4n) is 0.0981. The number of rotatable bonds is 2. The summed E-state index contributed by atoms with van der Waals surface area (Å²) in [4.78, 5) is 8.70. The van der Waals surface area contributed by atoms with E-state index >= 15 is 0 Å². The van der Waals surface area contributed by atoms with Crippen LogP contribution in [0, 0.1) is 10.1 Å². The smallest absolute Gasteiger partial charge is 0.251 e. The second kappa shape index (κ2) is 3.10. The molecule has 0 fully saturated rings. The number of nitrogens with one attached hydrogen (secondary N) is 2. The lowest BCUT2D eigenvalue weighted by Crippen LogP contribution is -1.98. The van der Waals surface area contributed by atoms with Crippen LogP contribution in [0.15, 0.2) is 12.4 Å². The molecule has 2 N–H and O–H groups in total. The third-order valence-corrected chi connectivity index (χ3v) is 0.280. The molecule has 0 amide bonds. The van der Waals surface area contributed by atoms with Gasteiger partial charge in [0.15, 0.2) is 0 Å². The fourth-order valence-corrected chi connectivity index (χ4v) is 0.0981. The van der Waals surface area contributed by atoms with E-state index in [2.05, 4.69) is 0 Å². The van der Waals surface area contributed by atoms with E-state index in [0.29, 0.717) is 6.20 Å². The number of hydrogen-bond donors (Lipinski definition) is 1. The Bertz CT molecular complexity index is 88.9. The molecule has 0 aromatic heterocycles. The van der Waals surface area contributed by atoms with Crippen LogP contribution in [0.5, 0.6) is 0 Å². The highest BCUT2D eigenvalue weighted by molar-refractivity contribution is 4.63. The average molecular weight is 102 g/mol. The van der Waals surface area contributed by atoms with Gasteiger partial charge >= 0.3 is 0 Å². The van der Waals surface area contributed by atoms with E-state index in [9.17, 15) is 10.1 Å². The molecule has 1 radical (unpaired) electrons. The van der Waals surface area contributed by atoms with E-state index in [4.69, 9.17) is 5.84 Å². The van der Waals surface area contributed by atoms with Crippen molar-refractivity contribution in [2.75, 3.05) is 0 Å². The minimum absolute atomic E-state index is 0.646. The van der Waals surface area contributed by atoms with E-state index in [0.717, 1.165) is 6.20 Å². The summed E-state index contributed by atoms with van der Waals surface area (Å²) in [7, 11) is 0. The molecular formula is C2H4N3O2. The first-order valence-corrected chi connectivity index (χ1v) is 1.50. The van der Waals surface area contributed by atoms with Crippen molar-refractivity contribution < 1.29 is 4.92 Å². The summed E-state index contributed by atoms with van der Waals surface area (Å²) in [5.41, 5.74) is 1.73. The van der Waals surface area contributed by atoms with E-state index in [1.54, 1.807) is 5.43 Å². The van der Waals surface area contributed by atoms with E-state index in [-0.39, 0.29) is 0 Å². The molecule has 0 heterocycles. The van der Waals surface area contributed by atoms with Crippen LogP contribution in [0.3, 0.4) is 0 Å². The zero-order chi connectivity index (χ0) is 5.70. The molecule has 5 nitrogen and oxygen atoms in total. The largest absolute Gasteiger partial charge is 0.308 e. The molecule has 0 spiro atoms. The van der Waals surface area contributed by atoms with Gasteiger partial charge in [-0.05, 0) is 0 Å². The van der Waals surface area contributed by atoms with Gasteiger partial charge in [-0.1, -0.05) is 0 Å². The van der Waals surface area contributed by atoms with E-state index < -0.39 is 4.92 Å². The van der Waals surface area contributed by atoms with Gasteiger partial charge in [0.1, 0.15) is 0 Å². The Morgan fingerprint density at radius 2 is 2.43 bits per heavy atom. The van der Waals surface area contributed by atoms with Crippen LogP contribution < -0.4 is 11.3 Å². The minimum atomic E-state index is -0.651. The Kier molecular flexibility index (Phi) is 2.62. The highest BCUT2D eigenvalue weighted by Gasteiger charge is 1.77. The molecule has 0 unspecified atom stereocenters. The molecule has 5 heteroatoms. The van der Waals surface area contributed by atoms with Crippen LogP contribution in [-0.2, 0) is 0 Å². The van der Waals surface area contributed by atoms with Crippen molar-refractivity contribution in [1.29, 1.82) is 0 Å². The molecule has 7 heavy (non-hydrogen) atoms. The standard InChI is InChI=1S/C2H4N3O2/c3-4-1-2-5(6)7/h1-4H. The molecule has 0 aliphatic carbocycles. The van der Waals surface area contributed by atoms with Gasteiger partial charge in [0.25, 0.3) is 6.20 Å². The number of hydrogen-bond acceptors (Lipinski definition) is 3. The van der Waals surface area contributed by atoms with E-state index in [1.165, 1.54) is 0 Å². The van der Waals surface area contributed by atoms with Gasteiger partial charge < -0.3 is 5.43 Å². The lowest BCUT2D eigenvalue weighted by molar-refractivity contribution is -0.402. The molecular weight excluding hydrogens is 98.0 g/mol. The summed E-state index contributed by atoms with van der Waals surface area (Å²) in [6.45, 7) is 0. The summed E-state index contributed by atoms with van der Waals surface area (Å²) in [6.07, 6.45) is 1.56. The van der Waals surface area contributed by atoms with Gasteiger partial charge in [0.2, 0.25) is 0 Å². The second-order valence-electron chi connectivity index (χ2n) is 0.745. The van der Waals surface area contributed by atoms with Gasteiger partial charge in [-0.2, -0.15) is 5.84 Å². The highest BCUT2D eigenvalue weighted by atomic mass is 16.6. The van der Waals surface area contributed by atoms with Crippen LogP contribution in [0.1, 0.15) is 0 Å². The lowest BCUT2D eigenvalue weighted by Gasteiger charge is -1.76. The van der Waals surface area contributed by atoms with Crippen molar-refractivity contribution in [3.05, 3.63) is 22.5 Å². The molecule has 0 aromatic rings. The topological polar surface area (TPSA) is 79.0 Å². The van der Waals surface area contributed by atoms with E-state index in [1.807, 2.05) is 0 Å². The Balaban J connectivity index is 3.26. The maximum atomic E-state index is 9.35. The highest BCUT2D eigenvalue weighted by Crippen LogP contribution is 1.64. The maximum Gasteiger partial charge on any atom is 0.251 e. The van der Waals surface area contributed by atoms with Gasteiger partial charge in [-0.25, -0.2) is 0 Å². The quantitative estimate of drug-likeness (QED) is 0.377. The van der Waals surface area contributed by atoms with Crippen LogP contribution in [-0.4, -0.2) is 4.92 Å². The van der Waals surface area contributed by atoms with Gasteiger partial charge in [0.05, 0.1) is 11.1 Å². The SMILES string of the molecule is [NH]NC=C[N+](=O)[O-]. The van der Waals surface area contributed by atoms with Crippen molar-refractivity contribution >= 4 is 0 Å². The molecule has 0 aromatic carbocycles. The Morgan fingerprint density at radius 1 is 1.86 bits per heavy atom. The molecule has 0 bridgehead atoms. The normalized spacial score (nSPS) is 9.29. The molecule has 0 saturated carbocycles. The molecule has 0 aliphatic rings. The Hall–Kier alpha value is -1.10. The second-order valence-corrected chi connectivity index (χ2v) is 0.745.